The predicted octanol–water partition coefficient (Wildman–Crippen LogP) is 4.32. The molecule has 1 fully saturated rings. The maximum absolute atomic E-state index is 13.7. The Hall–Kier alpha value is -3.80. The van der Waals surface area contributed by atoms with E-state index in [1.807, 2.05) is 66.7 Å². The van der Waals surface area contributed by atoms with Crippen LogP contribution in [0.3, 0.4) is 0 Å². The van der Waals surface area contributed by atoms with E-state index in [2.05, 4.69) is 0 Å². The van der Waals surface area contributed by atoms with Gasteiger partial charge in [0.1, 0.15) is 23.6 Å². The number of fused-ring (bicyclic) bond motifs is 5. The molecule has 6 rings (SSSR count). The zero-order valence-corrected chi connectivity index (χ0v) is 18.7. The molecule has 0 aromatic heterocycles. The highest BCUT2D eigenvalue weighted by atomic mass is 16.5. The SMILES string of the molecule is COc1ccc(CN2C(=O)[C@@H]3CC=CC[C@H]2C(=O)N3c2ccc3ccccc3c2)c(OC)c1. The molecule has 6 nitrogen and oxygen atoms in total. The first-order chi connectivity index (χ1) is 16.1. The Kier molecular flexibility index (Phi) is 5.50. The number of rotatable bonds is 5. The van der Waals surface area contributed by atoms with Crippen molar-refractivity contribution < 1.29 is 19.1 Å². The highest BCUT2D eigenvalue weighted by Crippen LogP contribution is 2.34. The van der Waals surface area contributed by atoms with Gasteiger partial charge in [0, 0.05) is 17.3 Å². The van der Waals surface area contributed by atoms with Crippen LogP contribution in [0.2, 0.25) is 0 Å². The molecule has 0 unspecified atom stereocenters. The third-order valence-electron chi connectivity index (χ3n) is 6.51. The molecule has 33 heavy (non-hydrogen) atoms. The maximum atomic E-state index is 13.7. The van der Waals surface area contributed by atoms with E-state index in [4.69, 9.17) is 9.47 Å². The summed E-state index contributed by atoms with van der Waals surface area (Å²) in [6.45, 7) is 0.304. The number of carbonyl (C=O) groups is 2. The fraction of sp³-hybridized carbons (Fsp3) is 0.259. The summed E-state index contributed by atoms with van der Waals surface area (Å²) < 4.78 is 10.8. The second-order valence-corrected chi connectivity index (χ2v) is 8.36. The topological polar surface area (TPSA) is 59.1 Å². The minimum absolute atomic E-state index is 0.0463. The van der Waals surface area contributed by atoms with E-state index < -0.39 is 12.1 Å². The number of nitrogens with zero attached hydrogens (tertiary/aromatic N) is 2. The average molecular weight is 443 g/mol. The molecule has 0 saturated carbocycles. The van der Waals surface area contributed by atoms with Crippen molar-refractivity contribution in [3.05, 3.63) is 78.4 Å². The van der Waals surface area contributed by atoms with Crippen LogP contribution in [-0.4, -0.2) is 43.0 Å². The molecule has 0 spiro atoms. The predicted molar refractivity (Wildman–Crippen MR) is 127 cm³/mol. The van der Waals surface area contributed by atoms with Gasteiger partial charge in [-0.05, 0) is 47.9 Å². The van der Waals surface area contributed by atoms with Crippen molar-refractivity contribution >= 4 is 28.3 Å². The van der Waals surface area contributed by atoms with Crippen LogP contribution in [0.15, 0.2) is 72.8 Å². The van der Waals surface area contributed by atoms with Gasteiger partial charge in [0.2, 0.25) is 5.91 Å². The number of hydrogen-bond acceptors (Lipinski definition) is 4. The molecule has 168 valence electrons. The lowest BCUT2D eigenvalue weighted by Crippen LogP contribution is -2.65. The molecule has 3 heterocycles. The lowest BCUT2D eigenvalue weighted by Gasteiger charge is -2.45. The van der Waals surface area contributed by atoms with Crippen LogP contribution in [0.25, 0.3) is 10.8 Å². The van der Waals surface area contributed by atoms with Crippen LogP contribution in [0.5, 0.6) is 11.5 Å². The molecule has 6 heteroatoms. The standard InChI is InChI=1S/C27H26N2O4/c1-32-22-14-12-20(25(16-22)33-2)17-28-23-9-5-6-10-24(26(28)30)29(27(23)31)21-13-11-18-7-3-4-8-19(18)15-21/h3-8,11-16,23-24H,9-10,17H2,1-2H3/t23-,24-/m0/s1. The first-order valence-corrected chi connectivity index (χ1v) is 11.1. The molecule has 0 N–H and O–H groups in total. The number of anilines is 1. The third kappa shape index (κ3) is 3.71. The number of ether oxygens (including phenoxy) is 2. The molecule has 3 aliphatic heterocycles. The molecule has 0 aliphatic carbocycles. The molecule has 2 atom stereocenters. The Morgan fingerprint density at radius 2 is 1.58 bits per heavy atom. The van der Waals surface area contributed by atoms with Crippen molar-refractivity contribution in [2.75, 3.05) is 19.1 Å². The Bertz CT molecular complexity index is 1250. The van der Waals surface area contributed by atoms with Crippen molar-refractivity contribution in [3.63, 3.8) is 0 Å². The van der Waals surface area contributed by atoms with Crippen molar-refractivity contribution in [2.45, 2.75) is 31.5 Å². The van der Waals surface area contributed by atoms with Gasteiger partial charge < -0.3 is 14.4 Å². The lowest BCUT2D eigenvalue weighted by molar-refractivity contribution is -0.147. The number of carbonyl (C=O) groups excluding carboxylic acids is 2. The van der Waals surface area contributed by atoms with Crippen LogP contribution >= 0.6 is 0 Å². The second kappa shape index (κ2) is 8.62. The Balaban J connectivity index is 1.51. The summed E-state index contributed by atoms with van der Waals surface area (Å²) in [5.41, 5.74) is 1.60. The monoisotopic (exact) mass is 442 g/mol. The first-order valence-electron chi connectivity index (χ1n) is 11.1. The summed E-state index contributed by atoms with van der Waals surface area (Å²) in [7, 11) is 3.19. The summed E-state index contributed by atoms with van der Waals surface area (Å²) in [4.78, 5) is 30.9. The summed E-state index contributed by atoms with van der Waals surface area (Å²) in [6.07, 6.45) is 5.00. The minimum atomic E-state index is -0.573. The number of methoxy groups -OCH3 is 2. The van der Waals surface area contributed by atoms with Crippen LogP contribution in [0.1, 0.15) is 18.4 Å². The van der Waals surface area contributed by atoms with E-state index in [0.717, 1.165) is 22.0 Å². The fourth-order valence-corrected chi connectivity index (χ4v) is 4.78. The maximum Gasteiger partial charge on any atom is 0.250 e. The van der Waals surface area contributed by atoms with Crippen molar-refractivity contribution in [1.29, 1.82) is 0 Å². The molecular weight excluding hydrogens is 416 g/mol. The Labute approximate surface area is 193 Å². The van der Waals surface area contributed by atoms with E-state index in [9.17, 15) is 9.59 Å². The van der Waals surface area contributed by atoms with Crippen LogP contribution in [-0.2, 0) is 16.1 Å². The van der Waals surface area contributed by atoms with E-state index >= 15 is 0 Å². The summed E-state index contributed by atoms with van der Waals surface area (Å²) >= 11 is 0. The van der Waals surface area contributed by atoms with E-state index in [1.165, 1.54) is 0 Å². The van der Waals surface area contributed by atoms with Gasteiger partial charge >= 0.3 is 0 Å². The number of benzene rings is 3. The molecule has 1 saturated heterocycles. The fourth-order valence-electron chi connectivity index (χ4n) is 4.78. The van der Waals surface area contributed by atoms with Gasteiger partial charge in [-0.1, -0.05) is 42.5 Å². The van der Waals surface area contributed by atoms with E-state index in [0.29, 0.717) is 30.9 Å². The molecule has 3 aromatic rings. The molecule has 2 amide bonds. The first kappa shape index (κ1) is 21.1. The normalized spacial score (nSPS) is 20.2. The van der Waals surface area contributed by atoms with Gasteiger partial charge in [-0.15, -0.1) is 0 Å². The van der Waals surface area contributed by atoms with Gasteiger partial charge in [-0.25, -0.2) is 0 Å². The Morgan fingerprint density at radius 1 is 0.818 bits per heavy atom. The highest BCUT2D eigenvalue weighted by Gasteiger charge is 2.46. The van der Waals surface area contributed by atoms with Gasteiger partial charge in [0.05, 0.1) is 20.8 Å². The zero-order chi connectivity index (χ0) is 22.9. The zero-order valence-electron chi connectivity index (χ0n) is 18.7. The van der Waals surface area contributed by atoms with Crippen molar-refractivity contribution in [3.8, 4) is 11.5 Å². The number of piperazine rings is 1. The molecule has 3 aromatic carbocycles. The Morgan fingerprint density at radius 3 is 2.33 bits per heavy atom. The minimum Gasteiger partial charge on any atom is -0.497 e. The lowest BCUT2D eigenvalue weighted by atomic mass is 9.94. The molecule has 3 aliphatic rings. The van der Waals surface area contributed by atoms with Crippen molar-refractivity contribution in [2.24, 2.45) is 0 Å². The number of hydrogen-bond donors (Lipinski definition) is 0. The van der Waals surface area contributed by atoms with Gasteiger partial charge in [-0.2, -0.15) is 0 Å². The summed E-state index contributed by atoms with van der Waals surface area (Å²) in [6, 6.07) is 18.4. The smallest absolute Gasteiger partial charge is 0.250 e. The average Bonchev–Trinajstić information content (AvgIpc) is 2.84. The van der Waals surface area contributed by atoms with Gasteiger partial charge in [0.25, 0.3) is 5.91 Å². The van der Waals surface area contributed by atoms with Gasteiger partial charge in [-0.3, -0.25) is 14.5 Å². The highest BCUT2D eigenvalue weighted by molar-refractivity contribution is 6.09. The quantitative estimate of drug-likeness (QED) is 0.552. The van der Waals surface area contributed by atoms with Crippen LogP contribution in [0.4, 0.5) is 5.69 Å². The van der Waals surface area contributed by atoms with E-state index in [-0.39, 0.29) is 11.8 Å². The van der Waals surface area contributed by atoms with Crippen molar-refractivity contribution in [1.82, 2.24) is 4.90 Å². The molecule has 2 bridgehead atoms. The third-order valence-corrected chi connectivity index (χ3v) is 6.51. The van der Waals surface area contributed by atoms with Crippen LogP contribution < -0.4 is 14.4 Å². The summed E-state index contributed by atoms with van der Waals surface area (Å²) in [5, 5.41) is 2.15. The molecule has 0 radical (unpaired) electrons. The number of amides is 2. The van der Waals surface area contributed by atoms with Crippen LogP contribution in [0, 0.1) is 0 Å². The second-order valence-electron chi connectivity index (χ2n) is 8.36. The van der Waals surface area contributed by atoms with Gasteiger partial charge in [0.15, 0.2) is 0 Å². The largest absolute Gasteiger partial charge is 0.497 e. The van der Waals surface area contributed by atoms with E-state index in [1.54, 1.807) is 30.1 Å². The molecular formula is C27H26N2O4. The summed E-state index contributed by atoms with van der Waals surface area (Å²) in [5.74, 6) is 1.22.